The van der Waals surface area contributed by atoms with E-state index in [-0.39, 0.29) is 29.0 Å². The number of nitrogens with zero attached hydrogens (tertiary/aromatic N) is 3. The molecule has 2 amide bonds. The summed E-state index contributed by atoms with van der Waals surface area (Å²) in [7, 11) is 1.32. The highest BCUT2D eigenvalue weighted by Crippen LogP contribution is 2.34. The highest BCUT2D eigenvalue weighted by atomic mass is 32.1. The fourth-order valence-corrected chi connectivity index (χ4v) is 3.04. The van der Waals surface area contributed by atoms with E-state index >= 15 is 0 Å². The molecule has 0 spiro atoms. The normalized spacial score (nSPS) is 16.9. The number of hydrogen-bond acceptors (Lipinski definition) is 7. The van der Waals surface area contributed by atoms with Crippen molar-refractivity contribution in [3.63, 3.8) is 0 Å². The number of aromatic nitrogens is 2. The highest BCUT2D eigenvalue weighted by Gasteiger charge is 2.38. The molecule has 1 saturated heterocycles. The molecule has 1 aromatic heterocycles. The maximum atomic E-state index is 12.6. The van der Waals surface area contributed by atoms with Crippen LogP contribution in [0.25, 0.3) is 0 Å². The van der Waals surface area contributed by atoms with E-state index in [2.05, 4.69) is 20.8 Å². The van der Waals surface area contributed by atoms with Gasteiger partial charge >= 0.3 is 18.3 Å². The Morgan fingerprint density at radius 1 is 1.24 bits per heavy atom. The Labute approximate surface area is 194 Å². The second kappa shape index (κ2) is 12.1. The van der Waals surface area contributed by atoms with Gasteiger partial charge in [0, 0.05) is 19.2 Å². The molecule has 1 aromatic rings. The molecule has 3 N–H and O–H groups in total. The first kappa shape index (κ1) is 29.3. The molecular weight excluding hydrogens is 496 g/mol. The van der Waals surface area contributed by atoms with Gasteiger partial charge in [0.15, 0.2) is 0 Å². The summed E-state index contributed by atoms with van der Waals surface area (Å²) in [5, 5.41) is 18.2. The molecule has 9 nitrogen and oxygen atoms in total. The molecule has 34 heavy (non-hydrogen) atoms. The zero-order valence-electron chi connectivity index (χ0n) is 18.2. The topological polar surface area (TPSA) is 125 Å². The molecular formula is C18H23F6N5O4S. The number of likely N-dealkylation sites (N-methyl/N-ethyl adjacent to an activating group) is 1. The summed E-state index contributed by atoms with van der Waals surface area (Å²) < 4.78 is 69.6. The van der Waals surface area contributed by atoms with Crippen molar-refractivity contribution in [2.75, 3.05) is 18.5 Å². The minimum atomic E-state index is -5.08. The van der Waals surface area contributed by atoms with Gasteiger partial charge in [-0.3, -0.25) is 14.5 Å². The Hall–Kier alpha value is -2.75. The molecule has 2 atom stereocenters. The number of aliphatic carboxylic acids is 1. The summed E-state index contributed by atoms with van der Waals surface area (Å²) in [5.41, 5.74) is 0. The fraction of sp³-hybridized carbons (Fsp3) is 0.611. The van der Waals surface area contributed by atoms with E-state index in [0.29, 0.717) is 17.8 Å². The number of rotatable bonds is 7. The van der Waals surface area contributed by atoms with Crippen LogP contribution in [-0.4, -0.2) is 64.9 Å². The van der Waals surface area contributed by atoms with Crippen LogP contribution in [-0.2, 0) is 20.6 Å². The molecule has 1 aliphatic heterocycles. The number of hydrogen-bond donors (Lipinski definition) is 3. The zero-order chi connectivity index (χ0) is 26.3. The zero-order valence-corrected chi connectivity index (χ0v) is 19.0. The van der Waals surface area contributed by atoms with Crippen LogP contribution in [0.2, 0.25) is 0 Å². The minimum Gasteiger partial charge on any atom is -0.475 e. The van der Waals surface area contributed by atoms with Crippen LogP contribution in [0.5, 0.6) is 0 Å². The third-order valence-corrected chi connectivity index (χ3v) is 5.23. The van der Waals surface area contributed by atoms with E-state index in [4.69, 9.17) is 9.90 Å². The lowest BCUT2D eigenvalue weighted by Gasteiger charge is -2.28. The Morgan fingerprint density at radius 2 is 1.79 bits per heavy atom. The van der Waals surface area contributed by atoms with Crippen molar-refractivity contribution in [3.8, 4) is 0 Å². The average Bonchev–Trinajstić information content (AvgIpc) is 3.13. The van der Waals surface area contributed by atoms with Crippen LogP contribution < -0.4 is 15.5 Å². The van der Waals surface area contributed by atoms with E-state index in [9.17, 15) is 35.9 Å². The molecule has 1 aliphatic rings. The molecule has 0 aliphatic carbocycles. The number of halogens is 6. The molecule has 2 heterocycles. The lowest BCUT2D eigenvalue weighted by molar-refractivity contribution is -0.192. The van der Waals surface area contributed by atoms with Crippen LogP contribution in [0, 0.1) is 5.92 Å². The molecule has 192 valence electrons. The number of carbonyl (C=O) groups excluding carboxylic acids is 2. The van der Waals surface area contributed by atoms with Gasteiger partial charge in [0.1, 0.15) is 0 Å². The summed E-state index contributed by atoms with van der Waals surface area (Å²) in [5.74, 6) is -3.16. The van der Waals surface area contributed by atoms with E-state index in [1.54, 1.807) is 6.08 Å². The number of alkyl halides is 6. The highest BCUT2D eigenvalue weighted by molar-refractivity contribution is 7.15. The van der Waals surface area contributed by atoms with Gasteiger partial charge in [-0.25, -0.2) is 4.79 Å². The van der Waals surface area contributed by atoms with Crippen LogP contribution in [0.4, 0.5) is 31.5 Å². The van der Waals surface area contributed by atoms with Gasteiger partial charge in [0.05, 0.1) is 6.04 Å². The van der Waals surface area contributed by atoms with Crippen molar-refractivity contribution in [3.05, 3.63) is 17.2 Å². The maximum Gasteiger partial charge on any atom is 0.490 e. The molecule has 2 rings (SSSR count). The Kier molecular flexibility index (Phi) is 10.4. The van der Waals surface area contributed by atoms with E-state index in [1.807, 2.05) is 13.8 Å². The van der Waals surface area contributed by atoms with E-state index in [1.165, 1.54) is 13.1 Å². The van der Waals surface area contributed by atoms with Gasteiger partial charge in [-0.05, 0) is 25.3 Å². The molecule has 0 saturated carbocycles. The Balaban J connectivity index is 0.000000718. The van der Waals surface area contributed by atoms with Crippen molar-refractivity contribution in [1.29, 1.82) is 0 Å². The Bertz CT molecular complexity index is 883. The molecule has 0 unspecified atom stereocenters. The largest absolute Gasteiger partial charge is 0.490 e. The monoisotopic (exact) mass is 519 g/mol. The van der Waals surface area contributed by atoms with Gasteiger partial charge in [-0.15, -0.1) is 10.2 Å². The quantitative estimate of drug-likeness (QED) is 0.374. The standard InChI is InChI=1S/C16H22F3N5O2S.C2HF3O2/c1-9(2)8-10(21-13(26)11-6-7-20-11)4-5-12(25)24(3)15-23-22-14(27-15)16(17,18)19;3-2(4,5)1(6)7/h4-5,9-11,20H,6-8H2,1-3H3,(H,21,26);(H,6,7)/t10-,11+;/m1./s1. The number of amides is 2. The van der Waals surface area contributed by atoms with Crippen LogP contribution >= 0.6 is 11.3 Å². The number of anilines is 1. The predicted molar refractivity (Wildman–Crippen MR) is 109 cm³/mol. The summed E-state index contributed by atoms with van der Waals surface area (Å²) in [6.07, 6.45) is -5.50. The van der Waals surface area contributed by atoms with Crippen molar-refractivity contribution in [2.45, 2.75) is 51.1 Å². The van der Waals surface area contributed by atoms with Gasteiger partial charge in [-0.1, -0.05) is 31.3 Å². The van der Waals surface area contributed by atoms with Crippen molar-refractivity contribution < 1.29 is 45.8 Å². The van der Waals surface area contributed by atoms with Crippen molar-refractivity contribution >= 4 is 34.3 Å². The van der Waals surface area contributed by atoms with Gasteiger partial charge in [0.2, 0.25) is 16.0 Å². The number of carbonyl (C=O) groups is 3. The molecule has 0 aromatic carbocycles. The fourth-order valence-electron chi connectivity index (χ4n) is 2.36. The van der Waals surface area contributed by atoms with Gasteiger partial charge in [0.25, 0.3) is 5.91 Å². The lowest BCUT2D eigenvalue weighted by atomic mass is 10.0. The summed E-state index contributed by atoms with van der Waals surface area (Å²) in [6, 6.07) is -0.564. The first-order valence-electron chi connectivity index (χ1n) is 9.72. The van der Waals surface area contributed by atoms with Crippen molar-refractivity contribution in [2.24, 2.45) is 5.92 Å². The second-order valence-corrected chi connectivity index (χ2v) is 8.44. The lowest BCUT2D eigenvalue weighted by Crippen LogP contribution is -2.55. The van der Waals surface area contributed by atoms with Crippen LogP contribution in [0.1, 0.15) is 31.7 Å². The third kappa shape index (κ3) is 9.62. The predicted octanol–water partition coefficient (Wildman–Crippen LogP) is 2.60. The van der Waals surface area contributed by atoms with Crippen LogP contribution in [0.3, 0.4) is 0 Å². The average molecular weight is 519 g/mol. The third-order valence-electron chi connectivity index (χ3n) is 4.18. The smallest absolute Gasteiger partial charge is 0.475 e. The molecule has 16 heteroatoms. The minimum absolute atomic E-state index is 0.128. The summed E-state index contributed by atoms with van der Waals surface area (Å²) in [4.78, 5) is 34.2. The Morgan fingerprint density at radius 3 is 2.18 bits per heavy atom. The second-order valence-electron chi connectivity index (χ2n) is 7.49. The number of carboxylic acids is 1. The summed E-state index contributed by atoms with van der Waals surface area (Å²) >= 11 is 0.292. The van der Waals surface area contributed by atoms with Crippen LogP contribution in [0.15, 0.2) is 12.2 Å². The van der Waals surface area contributed by atoms with Gasteiger partial charge in [-0.2, -0.15) is 26.3 Å². The number of nitrogens with one attached hydrogen (secondary N) is 2. The number of carboxylic acid groups (broad SMARTS) is 1. The molecule has 0 bridgehead atoms. The summed E-state index contributed by atoms with van der Waals surface area (Å²) in [6.45, 7) is 4.78. The SMILES string of the molecule is CC(C)C[C@@H](C=CC(=O)N(C)c1nnc(C(F)(F)F)s1)NC(=O)[C@@H]1CCN1.O=C(O)C(F)(F)F. The molecule has 0 radical (unpaired) electrons. The first-order chi connectivity index (χ1) is 15.5. The van der Waals surface area contributed by atoms with E-state index < -0.39 is 29.2 Å². The maximum absolute atomic E-state index is 12.6. The first-order valence-corrected chi connectivity index (χ1v) is 10.5. The van der Waals surface area contributed by atoms with Crippen molar-refractivity contribution in [1.82, 2.24) is 20.8 Å². The van der Waals surface area contributed by atoms with E-state index in [0.717, 1.165) is 17.9 Å². The molecule has 1 fully saturated rings. The van der Waals surface area contributed by atoms with Gasteiger partial charge < -0.3 is 15.7 Å².